The Bertz CT molecular complexity index is 1150. The van der Waals surface area contributed by atoms with E-state index in [0.29, 0.717) is 21.5 Å². The molecule has 3 rings (SSSR count). The lowest BCUT2D eigenvalue weighted by molar-refractivity contribution is -0.384. The molecule has 1 amide bonds. The molecule has 0 aliphatic carbocycles. The second-order valence-corrected chi connectivity index (χ2v) is 7.36. The maximum atomic E-state index is 12.8. The number of carbonyl (C=O) groups is 1. The van der Waals surface area contributed by atoms with Gasteiger partial charge in [-0.25, -0.2) is 0 Å². The molecule has 0 radical (unpaired) electrons. The number of non-ortho nitro benzene ring substituents is 1. The van der Waals surface area contributed by atoms with E-state index in [9.17, 15) is 14.9 Å². The van der Waals surface area contributed by atoms with Crippen molar-refractivity contribution in [3.05, 3.63) is 74.2 Å². The second kappa shape index (κ2) is 8.54. The molecule has 29 heavy (non-hydrogen) atoms. The summed E-state index contributed by atoms with van der Waals surface area (Å²) < 4.78 is 6.08. The Balaban J connectivity index is 1.86. The molecule has 2 N–H and O–H groups in total. The van der Waals surface area contributed by atoms with E-state index in [2.05, 4.69) is 26.6 Å². The van der Waals surface area contributed by atoms with Crippen molar-refractivity contribution in [2.24, 2.45) is 0 Å². The fourth-order valence-electron chi connectivity index (χ4n) is 2.83. The number of fused-ring (bicyclic) bond motifs is 1. The van der Waals surface area contributed by atoms with E-state index in [1.165, 1.54) is 19.2 Å². The average molecular weight is 474 g/mol. The predicted octanol–water partition coefficient (Wildman–Crippen LogP) is 4.95. The Kier molecular flexibility index (Phi) is 6.09. The Morgan fingerprint density at radius 2 is 1.93 bits per heavy atom. The van der Waals surface area contributed by atoms with Gasteiger partial charge >= 0.3 is 0 Å². The summed E-state index contributed by atoms with van der Waals surface area (Å²) in [6, 6.07) is 13.7. The first-order chi connectivity index (χ1) is 13.8. The van der Waals surface area contributed by atoms with Crippen LogP contribution in [0.2, 0.25) is 0 Å². The van der Waals surface area contributed by atoms with E-state index in [-0.39, 0.29) is 10.8 Å². The zero-order valence-electron chi connectivity index (χ0n) is 15.5. The molecule has 0 aliphatic rings. The number of benzene rings is 3. The Labute approximate surface area is 180 Å². The summed E-state index contributed by atoms with van der Waals surface area (Å²) in [5.74, 6) is -0.0792. The highest BCUT2D eigenvalue weighted by Crippen LogP contribution is 2.36. The minimum Gasteiger partial charge on any atom is -0.495 e. The van der Waals surface area contributed by atoms with Gasteiger partial charge in [-0.15, -0.1) is 0 Å². The summed E-state index contributed by atoms with van der Waals surface area (Å²) in [5, 5.41) is 18.2. The van der Waals surface area contributed by atoms with Crippen LogP contribution in [0.4, 0.5) is 11.4 Å². The van der Waals surface area contributed by atoms with Gasteiger partial charge in [0.15, 0.2) is 5.11 Å². The molecule has 0 bridgehead atoms. The lowest BCUT2D eigenvalue weighted by Gasteiger charge is -2.15. The molecular weight excluding hydrogens is 458 g/mol. The van der Waals surface area contributed by atoms with E-state index in [1.807, 2.05) is 24.3 Å². The molecule has 0 spiro atoms. The number of hydrogen-bond donors (Lipinski definition) is 2. The van der Waals surface area contributed by atoms with Crippen LogP contribution >= 0.6 is 28.1 Å². The van der Waals surface area contributed by atoms with Crippen molar-refractivity contribution in [2.45, 2.75) is 6.92 Å². The van der Waals surface area contributed by atoms with Gasteiger partial charge in [0, 0.05) is 17.8 Å². The van der Waals surface area contributed by atoms with Crippen molar-refractivity contribution in [1.82, 2.24) is 5.32 Å². The van der Waals surface area contributed by atoms with Crippen molar-refractivity contribution in [3.63, 3.8) is 0 Å². The standard InChI is InChI=1S/C20H16BrN3O4S/c1-11-7-8-13(24(26)27)10-16(11)22-20(29)23-19(25)15-9-12-5-3-4-6-14(12)17(21)18(15)28-2/h3-10H,1-2H3,(H2,22,23,25,29). The molecule has 0 aromatic heterocycles. The van der Waals surface area contributed by atoms with Gasteiger partial charge in [0.25, 0.3) is 11.6 Å². The number of amides is 1. The molecule has 0 atom stereocenters. The minimum atomic E-state index is -0.496. The Morgan fingerprint density at radius 3 is 2.62 bits per heavy atom. The minimum absolute atomic E-state index is 0.0185. The normalized spacial score (nSPS) is 10.4. The molecule has 7 nitrogen and oxygen atoms in total. The maximum absolute atomic E-state index is 12.8. The van der Waals surface area contributed by atoms with Crippen molar-refractivity contribution in [1.29, 1.82) is 0 Å². The SMILES string of the molecule is COc1c(C(=O)NC(=S)Nc2cc([N+](=O)[O-])ccc2C)cc2ccccc2c1Br. The topological polar surface area (TPSA) is 93.5 Å². The van der Waals surface area contributed by atoms with E-state index in [0.717, 1.165) is 16.3 Å². The van der Waals surface area contributed by atoms with Gasteiger partial charge in [-0.3, -0.25) is 20.2 Å². The Hall–Kier alpha value is -3.04. The van der Waals surface area contributed by atoms with Crippen molar-refractivity contribution >= 4 is 61.3 Å². The van der Waals surface area contributed by atoms with Gasteiger partial charge in [0.1, 0.15) is 5.75 Å². The number of carbonyl (C=O) groups excluding carboxylic acids is 1. The highest BCUT2D eigenvalue weighted by atomic mass is 79.9. The number of rotatable bonds is 4. The van der Waals surface area contributed by atoms with Crippen LogP contribution in [-0.2, 0) is 0 Å². The molecule has 0 saturated carbocycles. The number of ether oxygens (including phenoxy) is 1. The number of methoxy groups -OCH3 is 1. The van der Waals surface area contributed by atoms with Crippen LogP contribution < -0.4 is 15.4 Å². The fourth-order valence-corrected chi connectivity index (χ4v) is 3.77. The third-order valence-electron chi connectivity index (χ3n) is 4.30. The van der Waals surface area contributed by atoms with Crippen LogP contribution in [0.15, 0.2) is 53.0 Å². The number of nitro benzene ring substituents is 1. The summed E-state index contributed by atoms with van der Waals surface area (Å²) >= 11 is 8.72. The summed E-state index contributed by atoms with van der Waals surface area (Å²) in [5.41, 5.74) is 1.42. The molecule has 3 aromatic rings. The van der Waals surface area contributed by atoms with E-state index in [4.69, 9.17) is 17.0 Å². The van der Waals surface area contributed by atoms with Crippen molar-refractivity contribution in [3.8, 4) is 5.75 Å². The largest absolute Gasteiger partial charge is 0.495 e. The van der Waals surface area contributed by atoms with Gasteiger partial charge in [0.2, 0.25) is 0 Å². The average Bonchev–Trinajstić information content (AvgIpc) is 2.69. The monoisotopic (exact) mass is 473 g/mol. The maximum Gasteiger partial charge on any atom is 0.271 e. The third kappa shape index (κ3) is 4.36. The van der Waals surface area contributed by atoms with Gasteiger partial charge in [-0.05, 0) is 57.5 Å². The number of nitrogens with one attached hydrogen (secondary N) is 2. The van der Waals surface area contributed by atoms with Crippen molar-refractivity contribution < 1.29 is 14.5 Å². The van der Waals surface area contributed by atoms with Gasteiger partial charge in [0.05, 0.1) is 22.1 Å². The number of nitrogens with zero attached hydrogens (tertiary/aromatic N) is 1. The summed E-state index contributed by atoms with van der Waals surface area (Å²) in [7, 11) is 1.48. The fraction of sp³-hybridized carbons (Fsp3) is 0.100. The van der Waals surface area contributed by atoms with Crippen LogP contribution in [0.25, 0.3) is 10.8 Å². The van der Waals surface area contributed by atoms with Gasteiger partial charge in [-0.1, -0.05) is 30.3 Å². The van der Waals surface area contributed by atoms with E-state index in [1.54, 1.807) is 19.1 Å². The second-order valence-electron chi connectivity index (χ2n) is 6.16. The number of thiocarbonyl (C=S) groups is 1. The molecule has 3 aromatic carbocycles. The Morgan fingerprint density at radius 1 is 1.21 bits per heavy atom. The first kappa shape index (κ1) is 20.7. The zero-order valence-corrected chi connectivity index (χ0v) is 17.9. The first-order valence-electron chi connectivity index (χ1n) is 8.44. The number of halogens is 1. The van der Waals surface area contributed by atoms with Crippen LogP contribution in [0, 0.1) is 17.0 Å². The molecule has 0 heterocycles. The van der Waals surface area contributed by atoms with Crippen molar-refractivity contribution in [2.75, 3.05) is 12.4 Å². The third-order valence-corrected chi connectivity index (χ3v) is 5.29. The highest BCUT2D eigenvalue weighted by Gasteiger charge is 2.19. The highest BCUT2D eigenvalue weighted by molar-refractivity contribution is 9.10. The summed E-state index contributed by atoms with van der Waals surface area (Å²) in [4.78, 5) is 23.3. The van der Waals surface area contributed by atoms with Gasteiger partial charge < -0.3 is 10.1 Å². The summed E-state index contributed by atoms with van der Waals surface area (Å²) in [6.07, 6.45) is 0. The lowest BCUT2D eigenvalue weighted by Crippen LogP contribution is -2.34. The number of nitro groups is 1. The number of hydrogen-bond acceptors (Lipinski definition) is 5. The smallest absolute Gasteiger partial charge is 0.271 e. The summed E-state index contributed by atoms with van der Waals surface area (Å²) in [6.45, 7) is 1.78. The first-order valence-corrected chi connectivity index (χ1v) is 9.64. The van der Waals surface area contributed by atoms with Crippen LogP contribution in [0.3, 0.4) is 0 Å². The molecule has 9 heteroatoms. The van der Waals surface area contributed by atoms with Gasteiger partial charge in [-0.2, -0.15) is 0 Å². The number of aryl methyl sites for hydroxylation is 1. The van der Waals surface area contributed by atoms with Crippen LogP contribution in [0.1, 0.15) is 15.9 Å². The lowest BCUT2D eigenvalue weighted by atomic mass is 10.1. The molecule has 0 aliphatic heterocycles. The van der Waals surface area contributed by atoms with Crippen LogP contribution in [0.5, 0.6) is 5.75 Å². The van der Waals surface area contributed by atoms with Crippen LogP contribution in [-0.4, -0.2) is 23.1 Å². The quantitative estimate of drug-likeness (QED) is 0.316. The molecule has 148 valence electrons. The molecule has 0 unspecified atom stereocenters. The predicted molar refractivity (Wildman–Crippen MR) is 120 cm³/mol. The molecule has 0 fully saturated rings. The molecular formula is C20H16BrN3O4S. The number of anilines is 1. The molecule has 0 saturated heterocycles. The van der Waals surface area contributed by atoms with E-state index >= 15 is 0 Å². The zero-order chi connectivity index (χ0) is 21.1. The van der Waals surface area contributed by atoms with E-state index < -0.39 is 10.8 Å².